The second-order valence-corrected chi connectivity index (χ2v) is 8.05. The van der Waals surface area contributed by atoms with Gasteiger partial charge in [0.15, 0.2) is 17.0 Å². The molecule has 5 rings (SSSR count). The molecule has 1 unspecified atom stereocenters. The summed E-state index contributed by atoms with van der Waals surface area (Å²) >= 11 is 0. The first kappa shape index (κ1) is 20.2. The van der Waals surface area contributed by atoms with E-state index in [9.17, 15) is 5.11 Å². The topological polar surface area (TPSA) is 91.6 Å². The average molecular weight is 424 g/mol. The van der Waals surface area contributed by atoms with Gasteiger partial charge in [0.05, 0.1) is 25.9 Å². The van der Waals surface area contributed by atoms with Crippen LogP contribution in [0.4, 0.5) is 11.8 Å². The number of rotatable bonds is 7. The molecule has 0 amide bonds. The quantitative estimate of drug-likeness (QED) is 0.591. The van der Waals surface area contributed by atoms with Crippen molar-refractivity contribution in [3.63, 3.8) is 0 Å². The molecule has 2 N–H and O–H groups in total. The van der Waals surface area contributed by atoms with Gasteiger partial charge >= 0.3 is 0 Å². The van der Waals surface area contributed by atoms with Crippen LogP contribution in [0.5, 0.6) is 0 Å². The number of aliphatic hydroxyl groups excluding tert-OH is 1. The van der Waals surface area contributed by atoms with Crippen molar-refractivity contribution < 1.29 is 9.84 Å². The Morgan fingerprint density at radius 1 is 1.10 bits per heavy atom. The molecule has 9 heteroatoms. The Hall–Kier alpha value is -2.75. The van der Waals surface area contributed by atoms with E-state index in [1.807, 2.05) is 34.9 Å². The van der Waals surface area contributed by atoms with Gasteiger partial charge in [0.25, 0.3) is 0 Å². The maximum absolute atomic E-state index is 9.81. The molecule has 2 aliphatic rings. The van der Waals surface area contributed by atoms with Gasteiger partial charge in [0.1, 0.15) is 6.33 Å². The second kappa shape index (κ2) is 9.17. The fourth-order valence-electron chi connectivity index (χ4n) is 4.36. The number of aliphatic hydroxyl groups is 1. The Bertz CT molecular complexity index is 1000. The van der Waals surface area contributed by atoms with Crippen LogP contribution < -0.4 is 10.2 Å². The summed E-state index contributed by atoms with van der Waals surface area (Å²) < 4.78 is 7.44. The summed E-state index contributed by atoms with van der Waals surface area (Å²) in [7, 11) is 0. The highest BCUT2D eigenvalue weighted by atomic mass is 16.5. The first-order chi connectivity index (χ1) is 15.3. The number of anilines is 2. The van der Waals surface area contributed by atoms with Gasteiger partial charge in [0, 0.05) is 38.4 Å². The molecular formula is C22H29N7O2. The summed E-state index contributed by atoms with van der Waals surface area (Å²) in [5.74, 6) is 1.39. The summed E-state index contributed by atoms with van der Waals surface area (Å²) in [6.07, 6.45) is 3.79. The molecule has 1 aromatic carbocycles. The summed E-state index contributed by atoms with van der Waals surface area (Å²) in [6, 6.07) is 10.2. The van der Waals surface area contributed by atoms with Gasteiger partial charge < -0.3 is 20.1 Å². The molecule has 0 aliphatic carbocycles. The van der Waals surface area contributed by atoms with Crippen LogP contribution in [0.15, 0.2) is 36.7 Å². The number of nitrogens with zero attached hydrogens (tertiary/aromatic N) is 6. The van der Waals surface area contributed by atoms with E-state index < -0.39 is 0 Å². The molecule has 0 bridgehead atoms. The molecule has 3 aromatic rings. The van der Waals surface area contributed by atoms with Crippen molar-refractivity contribution in [1.82, 2.24) is 24.4 Å². The molecule has 4 heterocycles. The van der Waals surface area contributed by atoms with E-state index in [0.717, 1.165) is 81.4 Å². The second-order valence-electron chi connectivity index (χ2n) is 8.05. The number of para-hydroxylation sites is 1. The van der Waals surface area contributed by atoms with Crippen molar-refractivity contribution in [3.05, 3.63) is 36.7 Å². The number of nitrogens with one attached hydrogen (secondary N) is 1. The Morgan fingerprint density at radius 2 is 1.94 bits per heavy atom. The van der Waals surface area contributed by atoms with Gasteiger partial charge in [0.2, 0.25) is 5.95 Å². The molecule has 0 spiro atoms. The number of morpholine rings is 1. The Labute approximate surface area is 181 Å². The first-order valence-corrected chi connectivity index (χ1v) is 11.1. The fraction of sp³-hybridized carbons (Fsp3) is 0.500. The van der Waals surface area contributed by atoms with Gasteiger partial charge in [-0.15, -0.1) is 0 Å². The number of fused-ring (bicyclic) bond motifs is 1. The summed E-state index contributed by atoms with van der Waals surface area (Å²) in [6.45, 7) is 6.16. The lowest BCUT2D eigenvalue weighted by Gasteiger charge is -2.27. The highest BCUT2D eigenvalue weighted by Crippen LogP contribution is 2.28. The van der Waals surface area contributed by atoms with Gasteiger partial charge in [-0.05, 0) is 25.0 Å². The predicted octanol–water partition coefficient (Wildman–Crippen LogP) is 1.52. The van der Waals surface area contributed by atoms with Crippen LogP contribution in [0.2, 0.25) is 0 Å². The molecule has 1 atom stereocenters. The summed E-state index contributed by atoms with van der Waals surface area (Å²) in [5.41, 5.74) is 2.54. The monoisotopic (exact) mass is 423 g/mol. The smallest absolute Gasteiger partial charge is 0.229 e. The standard InChI is InChI=1S/C22H29N7O2/c30-15-18-7-4-9-28(18)22-25-20(23-8-10-27-11-13-31-14-12-27)19-21(26-22)29(16-24-19)17-5-2-1-3-6-17/h1-3,5-6,16,18,30H,4,7-15H2,(H,23,25,26). The third kappa shape index (κ3) is 4.21. The van der Waals surface area contributed by atoms with Crippen LogP contribution >= 0.6 is 0 Å². The molecular weight excluding hydrogens is 394 g/mol. The van der Waals surface area contributed by atoms with Gasteiger partial charge in [-0.25, -0.2) is 4.98 Å². The fourth-order valence-corrected chi connectivity index (χ4v) is 4.36. The van der Waals surface area contributed by atoms with Crippen LogP contribution in [0, 0.1) is 0 Å². The van der Waals surface area contributed by atoms with E-state index in [0.29, 0.717) is 5.95 Å². The average Bonchev–Trinajstić information content (AvgIpc) is 3.47. The largest absolute Gasteiger partial charge is 0.394 e. The minimum absolute atomic E-state index is 0.0618. The summed E-state index contributed by atoms with van der Waals surface area (Å²) in [5, 5.41) is 13.3. The van der Waals surface area contributed by atoms with Crippen LogP contribution in [0.3, 0.4) is 0 Å². The number of ether oxygens (including phenoxy) is 1. The van der Waals surface area contributed by atoms with E-state index >= 15 is 0 Å². The highest BCUT2D eigenvalue weighted by Gasteiger charge is 2.27. The molecule has 0 saturated carbocycles. The van der Waals surface area contributed by atoms with Crippen LogP contribution in [-0.4, -0.2) is 88.1 Å². The predicted molar refractivity (Wildman–Crippen MR) is 120 cm³/mol. The third-order valence-corrected chi connectivity index (χ3v) is 6.09. The minimum atomic E-state index is 0.0618. The van der Waals surface area contributed by atoms with Crippen molar-refractivity contribution in [1.29, 1.82) is 0 Å². The lowest BCUT2D eigenvalue weighted by atomic mass is 10.2. The lowest BCUT2D eigenvalue weighted by molar-refractivity contribution is 0.0398. The minimum Gasteiger partial charge on any atom is -0.394 e. The number of hydrogen-bond donors (Lipinski definition) is 2. The zero-order valence-electron chi connectivity index (χ0n) is 17.7. The van der Waals surface area contributed by atoms with E-state index in [2.05, 4.69) is 20.1 Å². The SMILES string of the molecule is OCC1CCCN1c1nc(NCCN2CCOCC2)c2ncn(-c3ccccc3)c2n1. The van der Waals surface area contributed by atoms with Crippen LogP contribution in [0.1, 0.15) is 12.8 Å². The molecule has 2 fully saturated rings. The van der Waals surface area contributed by atoms with E-state index in [1.54, 1.807) is 6.33 Å². The number of aromatic nitrogens is 4. The Morgan fingerprint density at radius 3 is 2.74 bits per heavy atom. The Balaban J connectivity index is 1.47. The molecule has 2 aliphatic heterocycles. The third-order valence-electron chi connectivity index (χ3n) is 6.09. The summed E-state index contributed by atoms with van der Waals surface area (Å²) in [4.78, 5) is 18.9. The molecule has 2 aromatic heterocycles. The molecule has 0 radical (unpaired) electrons. The van der Waals surface area contributed by atoms with Crippen molar-refractivity contribution in [3.8, 4) is 5.69 Å². The Kier molecular flexibility index (Phi) is 5.97. The zero-order valence-corrected chi connectivity index (χ0v) is 17.7. The lowest BCUT2D eigenvalue weighted by Crippen LogP contribution is -2.39. The van der Waals surface area contributed by atoms with Gasteiger partial charge in [-0.2, -0.15) is 9.97 Å². The van der Waals surface area contributed by atoms with Crippen LogP contribution in [0.25, 0.3) is 16.9 Å². The molecule has 2 saturated heterocycles. The van der Waals surface area contributed by atoms with Crippen LogP contribution in [-0.2, 0) is 4.74 Å². The molecule has 164 valence electrons. The van der Waals surface area contributed by atoms with E-state index in [1.165, 1.54) is 0 Å². The first-order valence-electron chi connectivity index (χ1n) is 11.1. The van der Waals surface area contributed by atoms with Crippen molar-refractivity contribution >= 4 is 22.9 Å². The highest BCUT2D eigenvalue weighted by molar-refractivity contribution is 5.85. The number of imidazole rings is 1. The molecule has 9 nitrogen and oxygen atoms in total. The maximum atomic E-state index is 9.81. The van der Waals surface area contributed by atoms with Crippen molar-refractivity contribution in [2.24, 2.45) is 0 Å². The van der Waals surface area contributed by atoms with Gasteiger partial charge in [-0.1, -0.05) is 18.2 Å². The van der Waals surface area contributed by atoms with Gasteiger partial charge in [-0.3, -0.25) is 9.47 Å². The van der Waals surface area contributed by atoms with Crippen molar-refractivity contribution in [2.45, 2.75) is 18.9 Å². The normalized spacial score (nSPS) is 19.9. The van der Waals surface area contributed by atoms with Crippen molar-refractivity contribution in [2.75, 3.05) is 62.8 Å². The zero-order chi connectivity index (χ0) is 21.0. The molecule has 31 heavy (non-hydrogen) atoms. The maximum Gasteiger partial charge on any atom is 0.229 e. The number of hydrogen-bond acceptors (Lipinski definition) is 8. The van der Waals surface area contributed by atoms with E-state index in [4.69, 9.17) is 14.7 Å². The number of benzene rings is 1. The van der Waals surface area contributed by atoms with E-state index in [-0.39, 0.29) is 12.6 Å².